The Morgan fingerprint density at radius 2 is 1.59 bits per heavy atom. The molecule has 17 heavy (non-hydrogen) atoms. The molecule has 1 aliphatic rings. The molecule has 0 aliphatic carbocycles. The second-order valence-corrected chi connectivity index (χ2v) is 5.12. The molecule has 4 nitrogen and oxygen atoms in total. The molecule has 0 saturated carbocycles. The summed E-state index contributed by atoms with van der Waals surface area (Å²) in [5.41, 5.74) is 0. The molecule has 0 amide bonds. The lowest BCUT2D eigenvalue weighted by Crippen LogP contribution is -2.47. The number of nitrogens with zero attached hydrogens (tertiary/aromatic N) is 2. The first-order chi connectivity index (χ1) is 8.36. The number of alkyl halides is 1. The van der Waals surface area contributed by atoms with Crippen molar-refractivity contribution in [3.8, 4) is 0 Å². The van der Waals surface area contributed by atoms with E-state index in [1.54, 1.807) is 7.11 Å². The Kier molecular flexibility index (Phi) is 9.28. The van der Waals surface area contributed by atoms with Crippen LogP contribution in [-0.2, 0) is 9.47 Å². The Morgan fingerprint density at radius 3 is 2.18 bits per heavy atom. The van der Waals surface area contributed by atoms with Crippen LogP contribution in [0.25, 0.3) is 0 Å². The number of rotatable bonds is 9. The minimum absolute atomic E-state index is 0.700. The quantitative estimate of drug-likeness (QED) is 0.470. The molecular formula is C12H25BrN2O2. The Balaban J connectivity index is 1.91. The molecule has 1 fully saturated rings. The average molecular weight is 309 g/mol. The van der Waals surface area contributed by atoms with Crippen molar-refractivity contribution in [2.24, 2.45) is 0 Å². The van der Waals surface area contributed by atoms with Crippen molar-refractivity contribution < 1.29 is 9.47 Å². The average Bonchev–Trinajstić information content (AvgIpc) is 2.36. The van der Waals surface area contributed by atoms with E-state index in [1.165, 1.54) is 32.7 Å². The summed E-state index contributed by atoms with van der Waals surface area (Å²) in [6.45, 7) is 9.41. The SMILES string of the molecule is COCCOCCCN1CCN(CCBr)CC1. The number of methoxy groups -OCH3 is 1. The van der Waals surface area contributed by atoms with Crippen molar-refractivity contribution in [3.63, 3.8) is 0 Å². The van der Waals surface area contributed by atoms with E-state index in [1.807, 2.05) is 0 Å². The van der Waals surface area contributed by atoms with Crippen LogP contribution in [0.5, 0.6) is 0 Å². The molecule has 102 valence electrons. The zero-order valence-electron chi connectivity index (χ0n) is 10.9. The van der Waals surface area contributed by atoms with Crippen LogP contribution in [0.1, 0.15) is 6.42 Å². The first-order valence-corrected chi connectivity index (χ1v) is 7.56. The van der Waals surface area contributed by atoms with Gasteiger partial charge in [0.05, 0.1) is 13.2 Å². The van der Waals surface area contributed by atoms with E-state index in [-0.39, 0.29) is 0 Å². The van der Waals surface area contributed by atoms with Gasteiger partial charge in [-0.25, -0.2) is 0 Å². The van der Waals surface area contributed by atoms with Crippen LogP contribution in [0.2, 0.25) is 0 Å². The molecule has 0 aromatic rings. The fourth-order valence-corrected chi connectivity index (χ4v) is 2.49. The van der Waals surface area contributed by atoms with Gasteiger partial charge in [-0.1, -0.05) is 15.9 Å². The molecular weight excluding hydrogens is 284 g/mol. The molecule has 5 heteroatoms. The Labute approximate surface area is 113 Å². The molecule has 0 aromatic heterocycles. The van der Waals surface area contributed by atoms with Gasteiger partial charge >= 0.3 is 0 Å². The zero-order valence-corrected chi connectivity index (χ0v) is 12.5. The fraction of sp³-hybridized carbons (Fsp3) is 1.00. The topological polar surface area (TPSA) is 24.9 Å². The van der Waals surface area contributed by atoms with E-state index in [0.29, 0.717) is 6.61 Å². The van der Waals surface area contributed by atoms with Gasteiger partial charge < -0.3 is 14.4 Å². The van der Waals surface area contributed by atoms with Crippen LogP contribution in [-0.4, -0.2) is 81.3 Å². The van der Waals surface area contributed by atoms with Gasteiger partial charge in [0.15, 0.2) is 0 Å². The molecule has 0 atom stereocenters. The second-order valence-electron chi connectivity index (χ2n) is 4.33. The molecule has 0 spiro atoms. The van der Waals surface area contributed by atoms with Gasteiger partial charge in [0.1, 0.15) is 0 Å². The highest BCUT2D eigenvalue weighted by Gasteiger charge is 2.15. The first-order valence-electron chi connectivity index (χ1n) is 6.44. The van der Waals surface area contributed by atoms with Gasteiger partial charge in [0.25, 0.3) is 0 Å². The molecule has 1 saturated heterocycles. The summed E-state index contributed by atoms with van der Waals surface area (Å²) in [5.74, 6) is 0. The molecule has 1 aliphatic heterocycles. The number of halogens is 1. The number of hydrogen-bond donors (Lipinski definition) is 0. The van der Waals surface area contributed by atoms with Crippen LogP contribution >= 0.6 is 15.9 Å². The normalized spacial score (nSPS) is 18.7. The largest absolute Gasteiger partial charge is 0.382 e. The van der Waals surface area contributed by atoms with E-state index in [9.17, 15) is 0 Å². The van der Waals surface area contributed by atoms with Crippen molar-refractivity contribution in [1.29, 1.82) is 0 Å². The molecule has 0 unspecified atom stereocenters. The Bertz CT molecular complexity index is 176. The first kappa shape index (κ1) is 15.4. The second kappa shape index (κ2) is 10.3. The third-order valence-electron chi connectivity index (χ3n) is 3.06. The molecule has 0 radical (unpaired) electrons. The van der Waals surface area contributed by atoms with Gasteiger partial charge in [-0.3, -0.25) is 4.90 Å². The van der Waals surface area contributed by atoms with E-state index in [2.05, 4.69) is 25.7 Å². The molecule has 0 N–H and O–H groups in total. The third kappa shape index (κ3) is 7.36. The van der Waals surface area contributed by atoms with E-state index >= 15 is 0 Å². The Hall–Kier alpha value is 0.320. The van der Waals surface area contributed by atoms with E-state index in [4.69, 9.17) is 9.47 Å². The van der Waals surface area contributed by atoms with Crippen LogP contribution in [0.3, 0.4) is 0 Å². The maximum Gasteiger partial charge on any atom is 0.0700 e. The van der Waals surface area contributed by atoms with Gasteiger partial charge in [-0.05, 0) is 6.42 Å². The van der Waals surface area contributed by atoms with Gasteiger partial charge in [-0.15, -0.1) is 0 Å². The van der Waals surface area contributed by atoms with Gasteiger partial charge in [0.2, 0.25) is 0 Å². The van der Waals surface area contributed by atoms with Gasteiger partial charge in [0, 0.05) is 58.3 Å². The lowest BCUT2D eigenvalue weighted by atomic mass is 10.3. The lowest BCUT2D eigenvalue weighted by Gasteiger charge is -2.34. The summed E-state index contributed by atoms with van der Waals surface area (Å²) in [6, 6.07) is 0. The number of hydrogen-bond acceptors (Lipinski definition) is 4. The smallest absolute Gasteiger partial charge is 0.0700 e. The summed E-state index contributed by atoms with van der Waals surface area (Å²) < 4.78 is 10.4. The van der Waals surface area contributed by atoms with Crippen molar-refractivity contribution in [1.82, 2.24) is 9.80 Å². The highest BCUT2D eigenvalue weighted by Crippen LogP contribution is 2.03. The van der Waals surface area contributed by atoms with E-state index in [0.717, 1.165) is 31.5 Å². The maximum absolute atomic E-state index is 5.46. The summed E-state index contributed by atoms with van der Waals surface area (Å²) in [7, 11) is 1.70. The van der Waals surface area contributed by atoms with Gasteiger partial charge in [-0.2, -0.15) is 0 Å². The summed E-state index contributed by atoms with van der Waals surface area (Å²) >= 11 is 3.49. The third-order valence-corrected chi connectivity index (χ3v) is 3.42. The standard InChI is InChI=1S/C12H25BrN2O2/c1-16-11-12-17-10-2-4-14-6-8-15(5-3-13)9-7-14/h2-12H2,1H3. The molecule has 1 rings (SSSR count). The Morgan fingerprint density at radius 1 is 0.941 bits per heavy atom. The maximum atomic E-state index is 5.46. The number of piperazine rings is 1. The lowest BCUT2D eigenvalue weighted by molar-refractivity contribution is 0.0611. The van der Waals surface area contributed by atoms with Crippen molar-refractivity contribution in [2.75, 3.05) is 71.5 Å². The number of ether oxygens (including phenoxy) is 2. The molecule has 0 bridgehead atoms. The predicted molar refractivity (Wildman–Crippen MR) is 74.0 cm³/mol. The highest BCUT2D eigenvalue weighted by atomic mass is 79.9. The summed E-state index contributed by atoms with van der Waals surface area (Å²) in [4.78, 5) is 5.05. The van der Waals surface area contributed by atoms with Crippen molar-refractivity contribution >= 4 is 15.9 Å². The predicted octanol–water partition coefficient (Wildman–Crippen LogP) is 1.05. The summed E-state index contributed by atoms with van der Waals surface area (Å²) in [5, 5.41) is 1.08. The highest BCUT2D eigenvalue weighted by molar-refractivity contribution is 9.09. The summed E-state index contributed by atoms with van der Waals surface area (Å²) in [6.07, 6.45) is 1.13. The zero-order chi connectivity index (χ0) is 12.3. The molecule has 1 heterocycles. The fourth-order valence-electron chi connectivity index (χ4n) is 1.99. The minimum atomic E-state index is 0.700. The van der Waals surface area contributed by atoms with E-state index < -0.39 is 0 Å². The minimum Gasteiger partial charge on any atom is -0.382 e. The van der Waals surface area contributed by atoms with Crippen LogP contribution < -0.4 is 0 Å². The van der Waals surface area contributed by atoms with Crippen molar-refractivity contribution in [3.05, 3.63) is 0 Å². The molecule has 0 aromatic carbocycles. The monoisotopic (exact) mass is 308 g/mol. The van der Waals surface area contributed by atoms with Crippen LogP contribution in [0, 0.1) is 0 Å². The van der Waals surface area contributed by atoms with Crippen molar-refractivity contribution in [2.45, 2.75) is 6.42 Å². The van der Waals surface area contributed by atoms with Crippen LogP contribution in [0.4, 0.5) is 0 Å². The van der Waals surface area contributed by atoms with Crippen LogP contribution in [0.15, 0.2) is 0 Å².